The van der Waals surface area contributed by atoms with Crippen molar-refractivity contribution in [1.82, 2.24) is 8.83 Å². The number of aryl methyl sites for hydroxylation is 1. The maximum absolute atomic E-state index is 12.3. The molecule has 0 saturated carbocycles. The van der Waals surface area contributed by atoms with Gasteiger partial charge in [-0.15, -0.1) is 0 Å². The number of rotatable bonds is 0. The summed E-state index contributed by atoms with van der Waals surface area (Å²) < 4.78 is 1.40. The fourth-order valence-electron chi connectivity index (χ4n) is 2.76. The van der Waals surface area contributed by atoms with Crippen LogP contribution < -0.4 is 0 Å². The summed E-state index contributed by atoms with van der Waals surface area (Å²) in [5.74, 6) is -0.149. The van der Waals surface area contributed by atoms with E-state index in [0.29, 0.717) is 6.42 Å². The Kier molecular flexibility index (Phi) is 2.10. The van der Waals surface area contributed by atoms with E-state index in [4.69, 9.17) is 0 Å². The van der Waals surface area contributed by atoms with Gasteiger partial charge in [-0.3, -0.25) is 9.69 Å². The van der Waals surface area contributed by atoms with Crippen LogP contribution in [0, 0.1) is 0 Å². The van der Waals surface area contributed by atoms with E-state index in [2.05, 4.69) is 16.1 Å². The molecule has 17 heavy (non-hydrogen) atoms. The lowest BCUT2D eigenvalue weighted by Gasteiger charge is -2.26. The molecule has 1 aliphatic heterocycles. The van der Waals surface area contributed by atoms with Crippen LogP contribution in [-0.4, -0.2) is 27.8 Å². The lowest BCUT2D eigenvalue weighted by atomic mass is 9.92. The van der Waals surface area contributed by atoms with Crippen LogP contribution in [0.5, 0.6) is 0 Å². The van der Waals surface area contributed by atoms with Crippen molar-refractivity contribution in [3.8, 4) is 0 Å². The Labute approximate surface area is 108 Å². The van der Waals surface area contributed by atoms with Crippen molar-refractivity contribution in [1.29, 1.82) is 0 Å². The predicted octanol–water partition coefficient (Wildman–Crippen LogP) is 2.03. The topological polar surface area (TPSA) is 40.6 Å². The Morgan fingerprint density at radius 2 is 2.00 bits per heavy atom. The lowest BCUT2D eigenvalue weighted by Crippen LogP contribution is -2.40. The molecule has 1 unspecified atom stereocenters. The Hall–Kier alpha value is -1.36. The van der Waals surface area contributed by atoms with Crippen LogP contribution in [-0.2, 0) is 16.8 Å². The van der Waals surface area contributed by atoms with Crippen molar-refractivity contribution in [2.75, 3.05) is 7.05 Å². The molecule has 1 spiro atoms. The third-order valence-corrected chi connectivity index (χ3v) is 4.58. The average molecular weight is 295 g/mol. The van der Waals surface area contributed by atoms with Crippen LogP contribution in [0.1, 0.15) is 17.5 Å². The van der Waals surface area contributed by atoms with Gasteiger partial charge in [0.05, 0.1) is 16.1 Å². The maximum atomic E-state index is 12.3. The highest BCUT2D eigenvalue weighted by molar-refractivity contribution is 9.07. The molecule has 3 rings (SSSR count). The Morgan fingerprint density at radius 1 is 1.29 bits per heavy atom. The number of hydrogen-bond donors (Lipinski definition) is 0. The standard InChI is InChI=1S/C12H11BrN2O2/c1-14-10(16)12(15(13)11(14)17)7-6-8-4-2-3-5-9(8)12/h2-5H,6-7H2,1H3. The zero-order valence-corrected chi connectivity index (χ0v) is 10.9. The maximum Gasteiger partial charge on any atom is 0.337 e. The van der Waals surface area contributed by atoms with Gasteiger partial charge in [-0.05, 0) is 24.0 Å². The first kappa shape index (κ1) is 10.8. The molecular formula is C12H11BrN2O2. The van der Waals surface area contributed by atoms with Crippen LogP contribution in [0.25, 0.3) is 0 Å². The van der Waals surface area contributed by atoms with E-state index in [0.717, 1.165) is 17.5 Å². The highest BCUT2D eigenvalue weighted by atomic mass is 79.9. The van der Waals surface area contributed by atoms with Gasteiger partial charge in [-0.1, -0.05) is 24.3 Å². The van der Waals surface area contributed by atoms with E-state index in [1.165, 1.54) is 15.9 Å². The van der Waals surface area contributed by atoms with Crippen molar-refractivity contribution in [2.24, 2.45) is 0 Å². The van der Waals surface area contributed by atoms with Crippen molar-refractivity contribution in [3.63, 3.8) is 0 Å². The first-order valence-electron chi connectivity index (χ1n) is 5.45. The summed E-state index contributed by atoms with van der Waals surface area (Å²) >= 11 is 3.26. The number of likely N-dealkylation sites (N-methyl/N-ethyl adjacent to an activating group) is 1. The third-order valence-electron chi connectivity index (χ3n) is 3.67. The molecule has 5 heteroatoms. The summed E-state index contributed by atoms with van der Waals surface area (Å²) in [4.78, 5) is 25.4. The summed E-state index contributed by atoms with van der Waals surface area (Å²) in [5, 5.41) is 0. The lowest BCUT2D eigenvalue weighted by molar-refractivity contribution is -0.131. The number of urea groups is 1. The van der Waals surface area contributed by atoms with Crippen molar-refractivity contribution in [3.05, 3.63) is 35.4 Å². The highest BCUT2D eigenvalue weighted by Crippen LogP contribution is 2.48. The number of fused-ring (bicyclic) bond motifs is 2. The smallest absolute Gasteiger partial charge is 0.271 e. The molecule has 0 radical (unpaired) electrons. The fourth-order valence-corrected chi connectivity index (χ4v) is 3.52. The minimum Gasteiger partial charge on any atom is -0.271 e. The number of imide groups is 1. The molecule has 1 aromatic rings. The molecule has 0 bridgehead atoms. The molecule has 1 aromatic carbocycles. The van der Waals surface area contributed by atoms with E-state index in [-0.39, 0.29) is 11.9 Å². The van der Waals surface area contributed by atoms with Gasteiger partial charge in [-0.25, -0.2) is 8.72 Å². The van der Waals surface area contributed by atoms with Gasteiger partial charge in [0.2, 0.25) is 0 Å². The van der Waals surface area contributed by atoms with Gasteiger partial charge >= 0.3 is 6.03 Å². The fraction of sp³-hybridized carbons (Fsp3) is 0.333. The summed E-state index contributed by atoms with van der Waals surface area (Å²) in [6.07, 6.45) is 1.47. The van der Waals surface area contributed by atoms with E-state index in [1.807, 2.05) is 24.3 Å². The van der Waals surface area contributed by atoms with Gasteiger partial charge in [0.1, 0.15) is 0 Å². The number of carbonyl (C=O) groups is 2. The van der Waals surface area contributed by atoms with Crippen molar-refractivity contribution in [2.45, 2.75) is 18.4 Å². The van der Waals surface area contributed by atoms with Crippen molar-refractivity contribution < 1.29 is 9.59 Å². The molecule has 4 nitrogen and oxygen atoms in total. The van der Waals surface area contributed by atoms with E-state index in [9.17, 15) is 9.59 Å². The zero-order chi connectivity index (χ0) is 12.2. The van der Waals surface area contributed by atoms with Crippen LogP contribution in [0.3, 0.4) is 0 Å². The second-order valence-corrected chi connectivity index (χ2v) is 5.15. The molecule has 2 aliphatic rings. The normalized spacial score (nSPS) is 27.2. The number of amides is 3. The molecule has 1 aliphatic carbocycles. The molecular weight excluding hydrogens is 284 g/mol. The summed E-state index contributed by atoms with van der Waals surface area (Å²) in [6.45, 7) is 0. The number of hydrogen-bond acceptors (Lipinski definition) is 2. The molecule has 1 atom stereocenters. The molecule has 1 heterocycles. The summed E-state index contributed by atoms with van der Waals surface area (Å²) in [6, 6.07) is 7.51. The minimum absolute atomic E-state index is 0.149. The first-order chi connectivity index (χ1) is 8.09. The van der Waals surface area contributed by atoms with Gasteiger partial charge in [0.25, 0.3) is 5.91 Å². The van der Waals surface area contributed by atoms with E-state index < -0.39 is 5.54 Å². The van der Waals surface area contributed by atoms with Crippen LogP contribution in [0.15, 0.2) is 24.3 Å². The molecule has 1 fully saturated rings. The average Bonchev–Trinajstić information content (AvgIpc) is 2.81. The van der Waals surface area contributed by atoms with Crippen LogP contribution in [0.2, 0.25) is 0 Å². The number of halogens is 1. The van der Waals surface area contributed by atoms with Crippen molar-refractivity contribution >= 4 is 28.1 Å². The second kappa shape index (κ2) is 3.32. The molecule has 3 amide bonds. The Bertz CT molecular complexity index is 531. The number of benzene rings is 1. The second-order valence-electron chi connectivity index (χ2n) is 4.44. The van der Waals surface area contributed by atoms with Gasteiger partial charge < -0.3 is 0 Å². The quantitative estimate of drug-likeness (QED) is 0.543. The van der Waals surface area contributed by atoms with Gasteiger partial charge in [-0.2, -0.15) is 0 Å². The van der Waals surface area contributed by atoms with Crippen LogP contribution in [0.4, 0.5) is 4.79 Å². The predicted molar refractivity (Wildman–Crippen MR) is 65.4 cm³/mol. The van der Waals surface area contributed by atoms with E-state index >= 15 is 0 Å². The largest absolute Gasteiger partial charge is 0.337 e. The number of nitrogens with zero attached hydrogens (tertiary/aromatic N) is 2. The summed E-state index contributed by atoms with van der Waals surface area (Å²) in [7, 11) is 1.52. The monoisotopic (exact) mass is 294 g/mol. The van der Waals surface area contributed by atoms with Gasteiger partial charge in [0.15, 0.2) is 5.54 Å². The Balaban J connectivity index is 2.22. The van der Waals surface area contributed by atoms with Crippen LogP contribution >= 0.6 is 16.1 Å². The first-order valence-corrected chi connectivity index (χ1v) is 6.16. The number of carbonyl (C=O) groups excluding carboxylic acids is 2. The molecule has 0 N–H and O–H groups in total. The third kappa shape index (κ3) is 1.12. The van der Waals surface area contributed by atoms with Gasteiger partial charge in [0, 0.05) is 7.05 Å². The van der Waals surface area contributed by atoms with E-state index in [1.54, 1.807) is 0 Å². The highest BCUT2D eigenvalue weighted by Gasteiger charge is 2.59. The molecule has 1 saturated heterocycles. The summed E-state index contributed by atoms with van der Waals surface area (Å²) in [5.41, 5.74) is 1.26. The minimum atomic E-state index is -0.831. The SMILES string of the molecule is CN1C(=O)N(Br)C2(CCc3ccccc32)C1=O. The molecule has 0 aromatic heterocycles. The Morgan fingerprint density at radius 3 is 2.65 bits per heavy atom. The molecule has 88 valence electrons. The zero-order valence-electron chi connectivity index (χ0n) is 9.31.